The summed E-state index contributed by atoms with van der Waals surface area (Å²) in [5.41, 5.74) is 2.98. The normalized spacial score (nSPS) is 10.8. The molecular weight excluding hydrogens is 425 g/mol. The molecule has 5 nitrogen and oxygen atoms in total. The number of benzene rings is 1. The molecule has 0 spiro atoms. The zero-order chi connectivity index (χ0) is 16.6. The Morgan fingerprint density at radius 2 is 2.30 bits per heavy atom. The van der Waals surface area contributed by atoms with Crippen LogP contribution in [0.4, 0.5) is 0 Å². The van der Waals surface area contributed by atoms with Gasteiger partial charge < -0.3 is 9.67 Å². The number of carbonyl (C=O) groups is 1. The van der Waals surface area contributed by atoms with Crippen LogP contribution >= 0.6 is 33.9 Å². The number of nitrogens with zero attached hydrogens (tertiary/aromatic N) is 3. The summed E-state index contributed by atoms with van der Waals surface area (Å²) in [5.74, 6) is -0.960. The van der Waals surface area contributed by atoms with Crippen LogP contribution < -0.4 is 0 Å². The minimum absolute atomic E-state index is 0.253. The first-order chi connectivity index (χ1) is 11.0. The zero-order valence-corrected chi connectivity index (χ0v) is 15.2. The lowest BCUT2D eigenvalue weighted by atomic mass is 10.1. The van der Waals surface area contributed by atoms with Gasteiger partial charge in [0.15, 0.2) is 0 Å². The highest BCUT2D eigenvalue weighted by Gasteiger charge is 2.16. The third kappa shape index (κ3) is 2.84. The number of alkyl halides is 1. The summed E-state index contributed by atoms with van der Waals surface area (Å²) in [6, 6.07) is 8.04. The third-order valence-electron chi connectivity index (χ3n) is 3.56. The van der Waals surface area contributed by atoms with Gasteiger partial charge in [0.25, 0.3) is 0 Å². The van der Waals surface area contributed by atoms with E-state index in [1.54, 1.807) is 6.92 Å². The molecule has 0 aliphatic heterocycles. The minimum atomic E-state index is -0.960. The molecule has 116 valence electrons. The molecule has 0 aliphatic rings. The van der Waals surface area contributed by atoms with E-state index in [-0.39, 0.29) is 4.88 Å². The molecule has 0 saturated carbocycles. The molecule has 2 aromatic heterocycles. The van der Waals surface area contributed by atoms with E-state index in [9.17, 15) is 10.1 Å². The van der Waals surface area contributed by atoms with E-state index in [0.29, 0.717) is 16.3 Å². The molecule has 23 heavy (non-hydrogen) atoms. The average molecular weight is 437 g/mol. The van der Waals surface area contributed by atoms with Gasteiger partial charge >= 0.3 is 5.97 Å². The van der Waals surface area contributed by atoms with E-state index >= 15 is 0 Å². The highest BCUT2D eigenvalue weighted by Crippen LogP contribution is 2.32. The van der Waals surface area contributed by atoms with Crippen LogP contribution in [0.5, 0.6) is 0 Å². The molecule has 1 N–H and O–H groups in total. The molecule has 2 heterocycles. The van der Waals surface area contributed by atoms with Crippen molar-refractivity contribution in [2.75, 3.05) is 4.43 Å². The van der Waals surface area contributed by atoms with Crippen molar-refractivity contribution in [1.29, 1.82) is 5.26 Å². The van der Waals surface area contributed by atoms with Crippen LogP contribution in [0.15, 0.2) is 24.4 Å². The smallest absolute Gasteiger partial charge is 0.347 e. The monoisotopic (exact) mass is 437 g/mol. The summed E-state index contributed by atoms with van der Waals surface area (Å²) >= 11 is 3.46. The molecule has 0 aliphatic carbocycles. The van der Waals surface area contributed by atoms with Gasteiger partial charge in [0, 0.05) is 33.6 Å². The predicted molar refractivity (Wildman–Crippen MR) is 98.3 cm³/mol. The number of aromatic carboxylic acids is 1. The van der Waals surface area contributed by atoms with Crippen LogP contribution in [0.1, 0.15) is 20.9 Å². The Morgan fingerprint density at radius 3 is 2.91 bits per heavy atom. The number of aryl methyl sites for hydroxylation is 2. The highest BCUT2D eigenvalue weighted by atomic mass is 127. The van der Waals surface area contributed by atoms with Crippen LogP contribution in [0.25, 0.3) is 21.5 Å². The number of fused-ring (bicyclic) bond motifs is 1. The Morgan fingerprint density at radius 1 is 1.52 bits per heavy atom. The lowest BCUT2D eigenvalue weighted by Gasteiger charge is -2.03. The predicted octanol–water partition coefficient (Wildman–Crippen LogP) is 4.08. The largest absolute Gasteiger partial charge is 0.477 e. The van der Waals surface area contributed by atoms with Crippen LogP contribution in [0.2, 0.25) is 0 Å². The second-order valence-corrected chi connectivity index (χ2v) is 7.09. The van der Waals surface area contributed by atoms with Crippen molar-refractivity contribution in [2.45, 2.75) is 13.5 Å². The molecule has 0 fully saturated rings. The minimum Gasteiger partial charge on any atom is -0.477 e. The van der Waals surface area contributed by atoms with Crippen molar-refractivity contribution in [3.63, 3.8) is 0 Å². The number of nitriles is 1. The molecule has 1 aromatic carbocycles. The zero-order valence-electron chi connectivity index (χ0n) is 12.2. The summed E-state index contributed by atoms with van der Waals surface area (Å²) in [7, 11) is 0. The van der Waals surface area contributed by atoms with Crippen LogP contribution in [-0.2, 0) is 6.54 Å². The number of hydrogen-bond donors (Lipinski definition) is 1. The van der Waals surface area contributed by atoms with E-state index in [2.05, 4.69) is 38.2 Å². The Labute approximate surface area is 150 Å². The van der Waals surface area contributed by atoms with Gasteiger partial charge in [-0.3, -0.25) is 0 Å². The van der Waals surface area contributed by atoms with E-state index < -0.39 is 5.97 Å². The number of thiazole rings is 1. The van der Waals surface area contributed by atoms with Crippen molar-refractivity contribution < 1.29 is 9.90 Å². The first-order valence-corrected chi connectivity index (χ1v) is 9.19. The van der Waals surface area contributed by atoms with Gasteiger partial charge in [0.2, 0.25) is 0 Å². The molecule has 0 unspecified atom stereocenters. The third-order valence-corrected chi connectivity index (χ3v) is 5.24. The highest BCUT2D eigenvalue weighted by molar-refractivity contribution is 14.1. The Balaban J connectivity index is 2.15. The van der Waals surface area contributed by atoms with Gasteiger partial charge in [-0.05, 0) is 25.1 Å². The molecule has 3 aromatic rings. The van der Waals surface area contributed by atoms with Gasteiger partial charge in [0.1, 0.15) is 16.0 Å². The van der Waals surface area contributed by atoms with Crippen LogP contribution in [0.3, 0.4) is 0 Å². The number of carboxylic acid groups (broad SMARTS) is 1. The van der Waals surface area contributed by atoms with Crippen molar-refractivity contribution in [3.8, 4) is 16.6 Å². The molecule has 0 saturated heterocycles. The number of carboxylic acids is 1. The standard InChI is InChI=1S/C16H12IN3O2S/c1-9-14(16(21)22)23-15(19-9)10-2-3-13-12(6-10)11(7-18)8-20(13)5-4-17/h2-3,6,8H,4-5H2,1H3,(H,21,22). The average Bonchev–Trinajstić information content (AvgIpc) is 3.08. The van der Waals surface area contributed by atoms with Crippen molar-refractivity contribution >= 4 is 50.8 Å². The fourth-order valence-corrected chi connectivity index (χ4v) is 3.93. The van der Waals surface area contributed by atoms with E-state index in [1.165, 1.54) is 0 Å². The van der Waals surface area contributed by atoms with Gasteiger partial charge in [-0.25, -0.2) is 9.78 Å². The fourth-order valence-electron chi connectivity index (χ4n) is 2.51. The number of hydrogen-bond acceptors (Lipinski definition) is 4. The van der Waals surface area contributed by atoms with Crippen molar-refractivity contribution in [2.24, 2.45) is 0 Å². The van der Waals surface area contributed by atoms with E-state index in [0.717, 1.165) is 38.8 Å². The maximum absolute atomic E-state index is 11.2. The molecular formula is C16H12IN3O2S. The number of halogens is 1. The Hall–Kier alpha value is -1.92. The topological polar surface area (TPSA) is 78.9 Å². The first-order valence-electron chi connectivity index (χ1n) is 6.85. The SMILES string of the molecule is Cc1nc(-c2ccc3c(c2)c(C#N)cn3CCI)sc1C(=O)O. The summed E-state index contributed by atoms with van der Waals surface area (Å²) in [6.07, 6.45) is 1.86. The Kier molecular flexibility index (Phi) is 4.37. The summed E-state index contributed by atoms with van der Waals surface area (Å²) in [4.78, 5) is 15.8. The number of rotatable bonds is 4. The second-order valence-electron chi connectivity index (χ2n) is 5.01. The molecule has 3 rings (SSSR count). The van der Waals surface area contributed by atoms with Gasteiger partial charge in [-0.15, -0.1) is 11.3 Å². The molecule has 0 bridgehead atoms. The van der Waals surface area contributed by atoms with E-state index in [4.69, 9.17) is 5.11 Å². The fraction of sp³-hybridized carbons (Fsp3) is 0.188. The molecule has 0 radical (unpaired) electrons. The first kappa shape index (κ1) is 16.0. The second kappa shape index (κ2) is 6.29. The van der Waals surface area contributed by atoms with Gasteiger partial charge in [-0.1, -0.05) is 22.6 Å². The number of aromatic nitrogens is 2. The molecule has 7 heteroatoms. The lowest BCUT2D eigenvalue weighted by Crippen LogP contribution is -1.95. The van der Waals surface area contributed by atoms with Crippen LogP contribution in [0, 0.1) is 18.3 Å². The molecule has 0 atom stereocenters. The maximum Gasteiger partial charge on any atom is 0.347 e. The molecule has 0 amide bonds. The van der Waals surface area contributed by atoms with Crippen molar-refractivity contribution in [1.82, 2.24) is 9.55 Å². The van der Waals surface area contributed by atoms with Gasteiger partial charge in [0.05, 0.1) is 11.3 Å². The van der Waals surface area contributed by atoms with Gasteiger partial charge in [-0.2, -0.15) is 5.26 Å². The lowest BCUT2D eigenvalue weighted by molar-refractivity contribution is 0.0701. The van der Waals surface area contributed by atoms with E-state index in [1.807, 2.05) is 24.4 Å². The maximum atomic E-state index is 11.2. The summed E-state index contributed by atoms with van der Waals surface area (Å²) in [5, 5.41) is 20.0. The summed E-state index contributed by atoms with van der Waals surface area (Å²) < 4.78 is 3.03. The van der Waals surface area contributed by atoms with Crippen molar-refractivity contribution in [3.05, 3.63) is 40.5 Å². The summed E-state index contributed by atoms with van der Waals surface area (Å²) in [6.45, 7) is 2.54. The quantitative estimate of drug-likeness (QED) is 0.493. The van der Waals surface area contributed by atoms with Crippen LogP contribution in [-0.4, -0.2) is 25.1 Å². The Bertz CT molecular complexity index is 952.